The fourth-order valence-corrected chi connectivity index (χ4v) is 3.62. The van der Waals surface area contributed by atoms with Crippen LogP contribution < -0.4 is 19.5 Å². The predicted octanol–water partition coefficient (Wildman–Crippen LogP) is 2.48. The predicted molar refractivity (Wildman–Crippen MR) is 89.4 cm³/mol. The van der Waals surface area contributed by atoms with Crippen LogP contribution in [0.3, 0.4) is 0 Å². The largest absolute Gasteiger partial charge is 0.495 e. The highest BCUT2D eigenvalue weighted by Gasteiger charge is 2.23. The molecule has 0 atom stereocenters. The quantitative estimate of drug-likeness (QED) is 0.864. The molecule has 1 aliphatic rings. The summed E-state index contributed by atoms with van der Waals surface area (Å²) in [6, 6.07) is 8.90. The standard InChI is InChI=1S/C15H13ClN2O5S/c1-22-13-6-5-9(7-10(13)16)24(20,21)18-12-4-2-3-11-15(12)23-8-14(19)17-11/h2-7,18H,8H2,1H3,(H,17,19). The number of amides is 1. The molecular formula is C15H13ClN2O5S. The average Bonchev–Trinajstić information content (AvgIpc) is 2.54. The second-order valence-electron chi connectivity index (χ2n) is 4.92. The number of methoxy groups -OCH3 is 1. The number of carbonyl (C=O) groups excluding carboxylic acids is 1. The summed E-state index contributed by atoms with van der Waals surface area (Å²) in [6.45, 7) is -0.180. The van der Waals surface area contributed by atoms with Crippen LogP contribution in [-0.4, -0.2) is 28.0 Å². The molecule has 0 fully saturated rings. The smallest absolute Gasteiger partial charge is 0.262 e. The summed E-state index contributed by atoms with van der Waals surface area (Å²) < 4.78 is 37.9. The van der Waals surface area contributed by atoms with Crippen molar-refractivity contribution in [3.05, 3.63) is 41.4 Å². The molecule has 1 heterocycles. The molecule has 126 valence electrons. The first kappa shape index (κ1) is 16.4. The molecule has 0 bridgehead atoms. The molecule has 0 aliphatic carbocycles. The molecule has 3 rings (SSSR count). The Morgan fingerprint density at radius 1 is 1.29 bits per heavy atom. The Bertz CT molecular complexity index is 914. The molecule has 0 saturated carbocycles. The molecule has 0 saturated heterocycles. The molecular weight excluding hydrogens is 356 g/mol. The first-order chi connectivity index (χ1) is 11.4. The number of hydrogen-bond donors (Lipinski definition) is 2. The third-order valence-corrected chi connectivity index (χ3v) is 4.97. The van der Waals surface area contributed by atoms with Gasteiger partial charge in [0.2, 0.25) is 0 Å². The zero-order valence-electron chi connectivity index (χ0n) is 12.5. The summed E-state index contributed by atoms with van der Waals surface area (Å²) in [5, 5.41) is 2.79. The van der Waals surface area contributed by atoms with Gasteiger partial charge in [0.15, 0.2) is 12.4 Å². The van der Waals surface area contributed by atoms with Crippen molar-refractivity contribution >= 4 is 38.9 Å². The van der Waals surface area contributed by atoms with Crippen LogP contribution >= 0.6 is 11.6 Å². The van der Waals surface area contributed by atoms with Crippen molar-refractivity contribution in [1.29, 1.82) is 0 Å². The van der Waals surface area contributed by atoms with Gasteiger partial charge in [0.1, 0.15) is 5.75 Å². The lowest BCUT2D eigenvalue weighted by molar-refractivity contribution is -0.118. The molecule has 2 aromatic rings. The Morgan fingerprint density at radius 3 is 2.79 bits per heavy atom. The lowest BCUT2D eigenvalue weighted by Gasteiger charge is -2.21. The summed E-state index contributed by atoms with van der Waals surface area (Å²) >= 11 is 5.98. The number of nitrogens with one attached hydrogen (secondary N) is 2. The van der Waals surface area contributed by atoms with Gasteiger partial charge in [0.05, 0.1) is 28.4 Å². The van der Waals surface area contributed by atoms with Crippen LogP contribution in [0.5, 0.6) is 11.5 Å². The number of anilines is 2. The maximum Gasteiger partial charge on any atom is 0.262 e. The summed E-state index contributed by atoms with van der Waals surface area (Å²) in [6.07, 6.45) is 0. The van der Waals surface area contributed by atoms with Crippen LogP contribution in [0.25, 0.3) is 0 Å². The van der Waals surface area contributed by atoms with Gasteiger partial charge in [-0.15, -0.1) is 0 Å². The maximum absolute atomic E-state index is 12.6. The molecule has 0 spiro atoms. The molecule has 2 aromatic carbocycles. The van der Waals surface area contributed by atoms with E-state index in [4.69, 9.17) is 21.1 Å². The Hall–Kier alpha value is -2.45. The van der Waals surface area contributed by atoms with E-state index in [0.29, 0.717) is 11.4 Å². The highest BCUT2D eigenvalue weighted by atomic mass is 35.5. The molecule has 1 aliphatic heterocycles. The first-order valence-electron chi connectivity index (χ1n) is 6.83. The summed E-state index contributed by atoms with van der Waals surface area (Å²) in [4.78, 5) is 11.3. The number of benzene rings is 2. The van der Waals surface area contributed by atoms with E-state index in [1.54, 1.807) is 18.2 Å². The molecule has 24 heavy (non-hydrogen) atoms. The average molecular weight is 369 g/mol. The van der Waals surface area contributed by atoms with Crippen LogP contribution in [0.1, 0.15) is 0 Å². The van der Waals surface area contributed by atoms with Gasteiger partial charge in [0.25, 0.3) is 15.9 Å². The second-order valence-corrected chi connectivity index (χ2v) is 7.01. The zero-order chi connectivity index (χ0) is 17.3. The number of rotatable bonds is 4. The number of ether oxygens (including phenoxy) is 2. The summed E-state index contributed by atoms with van der Waals surface area (Å²) in [5.74, 6) is 0.337. The minimum atomic E-state index is -3.89. The molecule has 7 nitrogen and oxygen atoms in total. The van der Waals surface area contributed by atoms with E-state index >= 15 is 0 Å². The van der Waals surface area contributed by atoms with E-state index < -0.39 is 10.0 Å². The number of sulfonamides is 1. The monoisotopic (exact) mass is 368 g/mol. The molecule has 0 radical (unpaired) electrons. The number of fused-ring (bicyclic) bond motifs is 1. The third-order valence-electron chi connectivity index (χ3n) is 3.31. The van der Waals surface area contributed by atoms with Gasteiger partial charge < -0.3 is 14.8 Å². The molecule has 9 heteroatoms. The lowest BCUT2D eigenvalue weighted by atomic mass is 10.2. The Morgan fingerprint density at radius 2 is 2.08 bits per heavy atom. The van der Waals surface area contributed by atoms with E-state index in [0.717, 1.165) is 0 Å². The van der Waals surface area contributed by atoms with Crippen molar-refractivity contribution in [1.82, 2.24) is 0 Å². The maximum atomic E-state index is 12.6. The van der Waals surface area contributed by atoms with Gasteiger partial charge in [-0.1, -0.05) is 17.7 Å². The number of hydrogen-bond acceptors (Lipinski definition) is 5. The molecule has 0 aromatic heterocycles. The highest BCUT2D eigenvalue weighted by Crippen LogP contribution is 2.37. The van der Waals surface area contributed by atoms with Crippen molar-refractivity contribution in [2.75, 3.05) is 23.8 Å². The van der Waals surface area contributed by atoms with E-state index in [9.17, 15) is 13.2 Å². The minimum absolute atomic E-state index is 0.0225. The van der Waals surface area contributed by atoms with Gasteiger partial charge in [-0.3, -0.25) is 9.52 Å². The molecule has 2 N–H and O–H groups in total. The minimum Gasteiger partial charge on any atom is -0.495 e. The second kappa shape index (κ2) is 6.21. The van der Waals surface area contributed by atoms with E-state index in [1.165, 1.54) is 25.3 Å². The normalized spacial score (nSPS) is 13.5. The number of para-hydroxylation sites is 1. The van der Waals surface area contributed by atoms with Gasteiger partial charge >= 0.3 is 0 Å². The van der Waals surface area contributed by atoms with E-state index in [2.05, 4.69) is 10.0 Å². The van der Waals surface area contributed by atoms with Crippen molar-refractivity contribution < 1.29 is 22.7 Å². The number of carbonyl (C=O) groups is 1. The van der Waals surface area contributed by atoms with Crippen LogP contribution in [0.15, 0.2) is 41.3 Å². The Balaban J connectivity index is 1.95. The van der Waals surface area contributed by atoms with Crippen LogP contribution in [0.2, 0.25) is 5.02 Å². The van der Waals surface area contributed by atoms with E-state index in [1.807, 2.05) is 0 Å². The molecule has 1 amide bonds. The van der Waals surface area contributed by atoms with Crippen LogP contribution in [0, 0.1) is 0 Å². The van der Waals surface area contributed by atoms with Crippen molar-refractivity contribution in [3.8, 4) is 11.5 Å². The fourth-order valence-electron chi connectivity index (χ4n) is 2.21. The third kappa shape index (κ3) is 3.10. The van der Waals surface area contributed by atoms with Crippen molar-refractivity contribution in [2.45, 2.75) is 4.90 Å². The summed E-state index contributed by atoms with van der Waals surface area (Å²) in [5.41, 5.74) is 0.624. The van der Waals surface area contributed by atoms with Gasteiger partial charge in [-0.05, 0) is 30.3 Å². The zero-order valence-corrected chi connectivity index (χ0v) is 14.1. The Labute approximate surface area is 143 Å². The van der Waals surface area contributed by atoms with Gasteiger partial charge in [0, 0.05) is 0 Å². The fraction of sp³-hybridized carbons (Fsp3) is 0.133. The first-order valence-corrected chi connectivity index (χ1v) is 8.69. The van der Waals surface area contributed by atoms with Crippen LogP contribution in [0.4, 0.5) is 11.4 Å². The number of halogens is 1. The lowest BCUT2D eigenvalue weighted by Crippen LogP contribution is -2.26. The van der Waals surface area contributed by atoms with E-state index in [-0.39, 0.29) is 33.9 Å². The van der Waals surface area contributed by atoms with Crippen molar-refractivity contribution in [3.63, 3.8) is 0 Å². The SMILES string of the molecule is COc1ccc(S(=O)(=O)Nc2cccc3c2OCC(=O)N3)cc1Cl. The van der Waals surface area contributed by atoms with Crippen LogP contribution in [-0.2, 0) is 14.8 Å². The Kier molecular flexibility index (Phi) is 4.25. The topological polar surface area (TPSA) is 93.7 Å². The van der Waals surface area contributed by atoms with Crippen molar-refractivity contribution in [2.24, 2.45) is 0 Å². The highest BCUT2D eigenvalue weighted by molar-refractivity contribution is 7.92. The summed E-state index contributed by atoms with van der Waals surface area (Å²) in [7, 11) is -2.45. The van der Waals surface area contributed by atoms with Gasteiger partial charge in [-0.25, -0.2) is 8.42 Å². The molecule has 0 unspecified atom stereocenters. The van der Waals surface area contributed by atoms with Gasteiger partial charge in [-0.2, -0.15) is 0 Å².